The number of unbranched alkanes of at least 4 members (excludes halogenated alkanes) is 1. The van der Waals surface area contributed by atoms with Crippen LogP contribution in [0.3, 0.4) is 0 Å². The summed E-state index contributed by atoms with van der Waals surface area (Å²) in [6, 6.07) is -2.55. The van der Waals surface area contributed by atoms with Gasteiger partial charge in [-0.05, 0) is 25.8 Å². The SMILES string of the molecule is NCCCCC(NC(=O)C(N)CSSCC(N)C(=O)O)C(N)=O. The van der Waals surface area contributed by atoms with E-state index in [1.807, 2.05) is 0 Å². The van der Waals surface area contributed by atoms with Crippen molar-refractivity contribution in [1.82, 2.24) is 5.32 Å². The second kappa shape index (κ2) is 12.4. The second-order valence-electron chi connectivity index (χ2n) is 4.87. The summed E-state index contributed by atoms with van der Waals surface area (Å²) in [5.74, 6) is -1.70. The lowest BCUT2D eigenvalue weighted by Gasteiger charge is -2.18. The molecule has 0 bridgehead atoms. The van der Waals surface area contributed by atoms with E-state index in [1.165, 1.54) is 21.6 Å². The zero-order chi connectivity index (χ0) is 17.8. The normalized spacial score (nSPS) is 14.7. The number of carboxylic acid groups (broad SMARTS) is 1. The Morgan fingerprint density at radius 1 is 1.04 bits per heavy atom. The Bertz CT molecular complexity index is 400. The maximum absolute atomic E-state index is 11.9. The molecule has 0 saturated carbocycles. The highest BCUT2D eigenvalue weighted by atomic mass is 33.1. The molecular weight excluding hydrogens is 342 g/mol. The van der Waals surface area contributed by atoms with Crippen molar-refractivity contribution in [2.75, 3.05) is 18.1 Å². The number of aliphatic carboxylic acids is 1. The van der Waals surface area contributed by atoms with Crippen molar-refractivity contribution in [3.63, 3.8) is 0 Å². The average molecular weight is 367 g/mol. The molecule has 0 aromatic rings. The first-order valence-electron chi connectivity index (χ1n) is 7.07. The molecule has 11 heteroatoms. The number of carbonyl (C=O) groups is 3. The van der Waals surface area contributed by atoms with E-state index in [1.54, 1.807) is 0 Å². The first-order valence-corrected chi connectivity index (χ1v) is 9.56. The lowest BCUT2D eigenvalue weighted by atomic mass is 10.1. The summed E-state index contributed by atoms with van der Waals surface area (Å²) < 4.78 is 0. The number of hydrogen-bond donors (Lipinski definition) is 6. The van der Waals surface area contributed by atoms with Crippen molar-refractivity contribution >= 4 is 39.4 Å². The molecule has 0 rings (SSSR count). The smallest absolute Gasteiger partial charge is 0.321 e. The highest BCUT2D eigenvalue weighted by Gasteiger charge is 2.22. The molecule has 2 amide bonds. The monoisotopic (exact) mass is 367 g/mol. The maximum Gasteiger partial charge on any atom is 0.321 e. The molecule has 0 aliphatic rings. The van der Waals surface area contributed by atoms with Gasteiger partial charge in [-0.1, -0.05) is 21.6 Å². The van der Waals surface area contributed by atoms with Crippen LogP contribution < -0.4 is 28.3 Å². The van der Waals surface area contributed by atoms with Gasteiger partial charge in [0.2, 0.25) is 11.8 Å². The number of carboxylic acids is 1. The summed E-state index contributed by atoms with van der Waals surface area (Å²) in [7, 11) is 2.47. The molecule has 0 spiro atoms. The number of nitrogens with two attached hydrogens (primary N) is 4. The molecule has 0 aliphatic carbocycles. The Morgan fingerprint density at radius 3 is 2.09 bits per heavy atom. The standard InChI is InChI=1S/C12H25N5O4S2/c13-4-2-1-3-9(10(16)18)17-11(19)7(14)5-22-23-6-8(15)12(20)21/h7-9H,1-6,13-15H2,(H2,16,18)(H,17,19)(H,20,21). The lowest BCUT2D eigenvalue weighted by Crippen LogP contribution is -2.51. The minimum absolute atomic E-state index is 0.206. The van der Waals surface area contributed by atoms with Gasteiger partial charge in [-0.2, -0.15) is 0 Å². The molecule has 0 fully saturated rings. The minimum Gasteiger partial charge on any atom is -0.480 e. The van der Waals surface area contributed by atoms with Crippen LogP contribution in [0.5, 0.6) is 0 Å². The van der Waals surface area contributed by atoms with E-state index < -0.39 is 35.9 Å². The van der Waals surface area contributed by atoms with Crippen LogP contribution in [0.2, 0.25) is 0 Å². The van der Waals surface area contributed by atoms with Gasteiger partial charge in [-0.25, -0.2) is 0 Å². The van der Waals surface area contributed by atoms with E-state index in [-0.39, 0.29) is 11.5 Å². The Morgan fingerprint density at radius 2 is 1.61 bits per heavy atom. The Kier molecular flexibility index (Phi) is 11.9. The van der Waals surface area contributed by atoms with Crippen molar-refractivity contribution in [3.8, 4) is 0 Å². The summed E-state index contributed by atoms with van der Waals surface area (Å²) in [6.07, 6.45) is 1.83. The van der Waals surface area contributed by atoms with Gasteiger partial charge in [0.1, 0.15) is 12.1 Å². The summed E-state index contributed by atoms with van der Waals surface area (Å²) >= 11 is 0. The van der Waals surface area contributed by atoms with Gasteiger partial charge in [0.25, 0.3) is 0 Å². The summed E-state index contributed by atoms with van der Waals surface area (Å²) in [6.45, 7) is 0.505. The van der Waals surface area contributed by atoms with Crippen molar-refractivity contribution < 1.29 is 19.5 Å². The van der Waals surface area contributed by atoms with Crippen LogP contribution in [0.4, 0.5) is 0 Å². The highest BCUT2D eigenvalue weighted by molar-refractivity contribution is 8.76. The molecule has 0 radical (unpaired) electrons. The molecule has 9 nitrogen and oxygen atoms in total. The van der Waals surface area contributed by atoms with E-state index in [4.69, 9.17) is 28.0 Å². The predicted molar refractivity (Wildman–Crippen MR) is 92.5 cm³/mol. The molecule has 3 unspecified atom stereocenters. The zero-order valence-electron chi connectivity index (χ0n) is 12.8. The average Bonchev–Trinajstić information content (AvgIpc) is 2.49. The van der Waals surface area contributed by atoms with Crippen LogP contribution in [0.1, 0.15) is 19.3 Å². The van der Waals surface area contributed by atoms with Crippen molar-refractivity contribution in [1.29, 1.82) is 0 Å². The number of carbonyl (C=O) groups excluding carboxylic acids is 2. The van der Waals surface area contributed by atoms with Crippen LogP contribution in [0, 0.1) is 0 Å². The fraction of sp³-hybridized carbons (Fsp3) is 0.750. The van der Waals surface area contributed by atoms with Crippen LogP contribution in [-0.2, 0) is 14.4 Å². The topological polar surface area (TPSA) is 188 Å². The third-order valence-corrected chi connectivity index (χ3v) is 5.31. The fourth-order valence-electron chi connectivity index (χ4n) is 1.45. The van der Waals surface area contributed by atoms with Crippen LogP contribution in [0.15, 0.2) is 0 Å². The summed E-state index contributed by atoms with van der Waals surface area (Å²) in [4.78, 5) is 33.8. The summed E-state index contributed by atoms with van der Waals surface area (Å²) in [5, 5.41) is 11.2. The third-order valence-electron chi connectivity index (χ3n) is 2.84. The number of hydrogen-bond acceptors (Lipinski definition) is 8. The van der Waals surface area contributed by atoms with Crippen molar-refractivity contribution in [2.45, 2.75) is 37.4 Å². The van der Waals surface area contributed by atoms with E-state index in [0.717, 1.165) is 6.42 Å². The maximum atomic E-state index is 11.9. The van der Waals surface area contributed by atoms with E-state index in [0.29, 0.717) is 19.4 Å². The third kappa shape index (κ3) is 10.4. The number of primary amides is 1. The van der Waals surface area contributed by atoms with Crippen LogP contribution in [0.25, 0.3) is 0 Å². The molecule has 0 aromatic heterocycles. The lowest BCUT2D eigenvalue weighted by molar-refractivity contribution is -0.137. The molecule has 3 atom stereocenters. The molecule has 134 valence electrons. The predicted octanol–water partition coefficient (Wildman–Crippen LogP) is -1.79. The number of nitrogens with one attached hydrogen (secondary N) is 1. The molecule has 10 N–H and O–H groups in total. The van der Waals surface area contributed by atoms with Crippen molar-refractivity contribution in [3.05, 3.63) is 0 Å². The van der Waals surface area contributed by atoms with Gasteiger partial charge in [0.05, 0.1) is 6.04 Å². The number of rotatable bonds is 13. The van der Waals surface area contributed by atoms with Gasteiger partial charge in [-0.15, -0.1) is 0 Å². The van der Waals surface area contributed by atoms with Crippen LogP contribution >= 0.6 is 21.6 Å². The first kappa shape index (κ1) is 22.0. The van der Waals surface area contributed by atoms with Crippen molar-refractivity contribution in [2.24, 2.45) is 22.9 Å². The Hall–Kier alpha value is -1.01. The summed E-state index contributed by atoms with van der Waals surface area (Å²) in [5.41, 5.74) is 21.7. The number of amides is 2. The molecule has 0 saturated heterocycles. The Labute approximate surface area is 143 Å². The van der Waals surface area contributed by atoms with Gasteiger partial charge >= 0.3 is 5.97 Å². The minimum atomic E-state index is -1.08. The molecule has 0 aromatic carbocycles. The van der Waals surface area contributed by atoms with Gasteiger partial charge < -0.3 is 33.4 Å². The highest BCUT2D eigenvalue weighted by Crippen LogP contribution is 2.22. The molecule has 23 heavy (non-hydrogen) atoms. The fourth-order valence-corrected chi connectivity index (χ4v) is 3.68. The largest absolute Gasteiger partial charge is 0.480 e. The van der Waals surface area contributed by atoms with Gasteiger partial charge in [0, 0.05) is 11.5 Å². The van der Waals surface area contributed by atoms with E-state index in [2.05, 4.69) is 5.32 Å². The zero-order valence-corrected chi connectivity index (χ0v) is 14.4. The Balaban J connectivity index is 4.10. The first-order chi connectivity index (χ1) is 10.8. The molecule has 0 aliphatic heterocycles. The van der Waals surface area contributed by atoms with E-state index >= 15 is 0 Å². The van der Waals surface area contributed by atoms with Crippen LogP contribution in [-0.4, -0.2) is 59.1 Å². The van der Waals surface area contributed by atoms with Gasteiger partial charge in [-0.3, -0.25) is 14.4 Å². The van der Waals surface area contributed by atoms with Gasteiger partial charge in [0.15, 0.2) is 0 Å². The van der Waals surface area contributed by atoms with E-state index in [9.17, 15) is 14.4 Å². The second-order valence-corrected chi connectivity index (χ2v) is 7.42. The molecule has 0 heterocycles. The molecular formula is C12H25N5O4S2. The quantitative estimate of drug-likeness (QED) is 0.161.